The summed E-state index contributed by atoms with van der Waals surface area (Å²) in [5.41, 5.74) is 5.51. The zero-order chi connectivity index (χ0) is 27.4. The zero-order valence-corrected chi connectivity index (χ0v) is 22.5. The van der Waals surface area contributed by atoms with Crippen LogP contribution in [0.2, 0.25) is 0 Å². The molecule has 2 amide bonds. The number of carboxylic acid groups (broad SMARTS) is 1. The summed E-state index contributed by atoms with van der Waals surface area (Å²) < 4.78 is 5.70. The molecule has 3 aromatic carbocycles. The van der Waals surface area contributed by atoms with Gasteiger partial charge in [0.25, 0.3) is 0 Å². The number of ether oxygens (including phenoxy) is 1. The maximum atomic E-state index is 13.5. The van der Waals surface area contributed by atoms with Crippen molar-refractivity contribution in [1.29, 1.82) is 0 Å². The van der Waals surface area contributed by atoms with E-state index in [1.54, 1.807) is 0 Å². The van der Waals surface area contributed by atoms with E-state index in [0.29, 0.717) is 12.3 Å². The summed E-state index contributed by atoms with van der Waals surface area (Å²) in [7, 11) is 1.86. The summed E-state index contributed by atoms with van der Waals surface area (Å²) in [4.78, 5) is 41.6. The number of hydrogen-bond donors (Lipinski definition) is 2. The average molecular weight is 546 g/mol. The van der Waals surface area contributed by atoms with Gasteiger partial charge in [-0.1, -0.05) is 78.9 Å². The van der Waals surface area contributed by atoms with Crippen LogP contribution in [-0.2, 0) is 20.9 Å². The fraction of sp³-hybridized carbons (Fsp3) is 0.300. The molecule has 1 saturated heterocycles. The van der Waals surface area contributed by atoms with Crippen molar-refractivity contribution in [3.8, 4) is 11.1 Å². The second kappa shape index (κ2) is 11.9. The molecule has 5 rings (SSSR count). The summed E-state index contributed by atoms with van der Waals surface area (Å²) >= 11 is 1.39. The number of nitrogens with one attached hydrogen (secondary N) is 1. The Labute approximate surface area is 231 Å². The molecular formula is C30H31N3O5S. The highest BCUT2D eigenvalue weighted by atomic mass is 32.2. The van der Waals surface area contributed by atoms with Gasteiger partial charge >= 0.3 is 12.1 Å². The summed E-state index contributed by atoms with van der Waals surface area (Å²) in [6.45, 7) is 0.886. The van der Waals surface area contributed by atoms with Crippen LogP contribution in [-0.4, -0.2) is 76.8 Å². The van der Waals surface area contributed by atoms with Gasteiger partial charge in [-0.15, -0.1) is 11.8 Å². The number of nitrogens with zero attached hydrogens (tertiary/aromatic N) is 2. The van der Waals surface area contributed by atoms with Crippen molar-refractivity contribution in [2.45, 2.75) is 24.5 Å². The van der Waals surface area contributed by atoms with Crippen LogP contribution in [0.1, 0.15) is 22.6 Å². The van der Waals surface area contributed by atoms with Gasteiger partial charge < -0.3 is 20.1 Å². The standard InChI is InChI=1S/C30H31N3O5S/c1-32(15-20-9-3-2-4-10-20)16-26(28(34)33-19-39-18-27(33)29(35)36)31-30(37)38-17-25-23-13-7-5-11-21(23)22-12-6-8-14-24(22)25/h2-14,25-27H,15-19H2,1H3,(H,31,37)(H,35,36). The third kappa shape index (κ3) is 5.94. The Hall–Kier alpha value is -3.82. The Balaban J connectivity index is 1.29. The molecule has 0 radical (unpaired) electrons. The van der Waals surface area contributed by atoms with E-state index < -0.39 is 30.1 Å². The number of alkyl carbamates (subject to hydrolysis) is 1. The fourth-order valence-electron chi connectivity index (χ4n) is 5.30. The molecule has 1 fully saturated rings. The molecule has 9 heteroatoms. The number of fused-ring (bicyclic) bond motifs is 3. The molecule has 1 aliphatic heterocycles. The number of aliphatic carboxylic acids is 1. The lowest BCUT2D eigenvalue weighted by Crippen LogP contribution is -2.55. The Kier molecular flexibility index (Phi) is 8.18. The summed E-state index contributed by atoms with van der Waals surface area (Å²) in [6.07, 6.45) is -0.706. The van der Waals surface area contributed by atoms with Crippen LogP contribution in [0.4, 0.5) is 4.79 Å². The van der Waals surface area contributed by atoms with Gasteiger partial charge in [0.15, 0.2) is 0 Å². The van der Waals surface area contributed by atoms with Gasteiger partial charge in [-0.2, -0.15) is 0 Å². The first-order chi connectivity index (χ1) is 18.9. The lowest BCUT2D eigenvalue weighted by Gasteiger charge is -2.29. The lowest BCUT2D eigenvalue weighted by atomic mass is 9.98. The van der Waals surface area contributed by atoms with Crippen molar-refractivity contribution >= 4 is 29.7 Å². The van der Waals surface area contributed by atoms with E-state index in [1.165, 1.54) is 16.7 Å². The molecule has 202 valence electrons. The molecule has 1 aliphatic carbocycles. The molecule has 2 N–H and O–H groups in total. The number of likely N-dealkylation sites (N-methyl/N-ethyl adjacent to an activating group) is 1. The van der Waals surface area contributed by atoms with Crippen LogP contribution >= 0.6 is 11.8 Å². The Morgan fingerprint density at radius 2 is 1.62 bits per heavy atom. The van der Waals surface area contributed by atoms with E-state index in [2.05, 4.69) is 17.4 Å². The molecule has 0 spiro atoms. The van der Waals surface area contributed by atoms with E-state index in [4.69, 9.17) is 4.74 Å². The first-order valence-corrected chi connectivity index (χ1v) is 14.0. The van der Waals surface area contributed by atoms with Crippen molar-refractivity contribution in [2.75, 3.05) is 31.8 Å². The minimum atomic E-state index is -1.05. The maximum absolute atomic E-state index is 13.5. The maximum Gasteiger partial charge on any atom is 0.407 e. The molecule has 0 aromatic heterocycles. The molecule has 2 aliphatic rings. The minimum absolute atomic E-state index is 0.107. The Morgan fingerprint density at radius 3 is 2.26 bits per heavy atom. The second-order valence-electron chi connectivity index (χ2n) is 9.87. The van der Waals surface area contributed by atoms with Crippen molar-refractivity contribution in [3.63, 3.8) is 0 Å². The summed E-state index contributed by atoms with van der Waals surface area (Å²) in [6, 6.07) is 24.1. The van der Waals surface area contributed by atoms with E-state index in [-0.39, 0.29) is 24.9 Å². The van der Waals surface area contributed by atoms with Gasteiger partial charge in [-0.3, -0.25) is 9.69 Å². The predicted octanol–water partition coefficient (Wildman–Crippen LogP) is 4.01. The molecule has 39 heavy (non-hydrogen) atoms. The van der Waals surface area contributed by atoms with Crippen LogP contribution < -0.4 is 5.32 Å². The van der Waals surface area contributed by atoms with Crippen molar-refractivity contribution in [2.24, 2.45) is 0 Å². The SMILES string of the molecule is CN(Cc1ccccc1)CC(NC(=O)OCC1c2ccccc2-c2ccccc21)C(=O)N1CSCC1C(=O)O. The molecule has 2 atom stereocenters. The molecule has 0 saturated carbocycles. The number of carboxylic acids is 1. The molecule has 8 nitrogen and oxygen atoms in total. The topological polar surface area (TPSA) is 99.2 Å². The van der Waals surface area contributed by atoms with E-state index in [1.807, 2.05) is 78.7 Å². The van der Waals surface area contributed by atoms with E-state index >= 15 is 0 Å². The van der Waals surface area contributed by atoms with Crippen LogP contribution in [0.15, 0.2) is 78.9 Å². The third-order valence-electron chi connectivity index (χ3n) is 7.17. The van der Waals surface area contributed by atoms with Gasteiger partial charge in [0, 0.05) is 24.8 Å². The highest BCUT2D eigenvalue weighted by Crippen LogP contribution is 2.44. The van der Waals surface area contributed by atoms with E-state index in [9.17, 15) is 19.5 Å². The lowest BCUT2D eigenvalue weighted by molar-refractivity contribution is -0.148. The van der Waals surface area contributed by atoms with Gasteiger partial charge in [0.2, 0.25) is 5.91 Å². The quantitative estimate of drug-likeness (QED) is 0.419. The monoisotopic (exact) mass is 545 g/mol. The molecule has 3 aromatic rings. The highest BCUT2D eigenvalue weighted by Gasteiger charge is 2.39. The van der Waals surface area contributed by atoms with Gasteiger partial charge in [0.1, 0.15) is 18.7 Å². The van der Waals surface area contributed by atoms with Crippen molar-refractivity contribution in [3.05, 3.63) is 95.6 Å². The Morgan fingerprint density at radius 1 is 1.00 bits per heavy atom. The number of carbonyl (C=O) groups is 3. The summed E-state index contributed by atoms with van der Waals surface area (Å²) in [5.74, 6) is -1.00. The second-order valence-corrected chi connectivity index (χ2v) is 10.9. The van der Waals surface area contributed by atoms with Gasteiger partial charge in [-0.05, 0) is 34.9 Å². The summed E-state index contributed by atoms with van der Waals surface area (Å²) in [5, 5.41) is 12.4. The molecular weight excluding hydrogens is 514 g/mol. The van der Waals surface area contributed by atoms with E-state index in [0.717, 1.165) is 27.8 Å². The average Bonchev–Trinajstić information content (AvgIpc) is 3.55. The number of benzene rings is 3. The molecule has 1 heterocycles. The van der Waals surface area contributed by atoms with Crippen LogP contribution in [0.5, 0.6) is 0 Å². The van der Waals surface area contributed by atoms with Crippen LogP contribution in [0, 0.1) is 0 Å². The zero-order valence-electron chi connectivity index (χ0n) is 21.7. The largest absolute Gasteiger partial charge is 0.480 e. The third-order valence-corrected chi connectivity index (χ3v) is 8.19. The van der Waals surface area contributed by atoms with Crippen molar-refractivity contribution < 1.29 is 24.2 Å². The number of carbonyl (C=O) groups excluding carboxylic acids is 2. The normalized spacial score (nSPS) is 17.0. The number of rotatable bonds is 9. The van der Waals surface area contributed by atoms with Gasteiger partial charge in [-0.25, -0.2) is 9.59 Å². The fourth-order valence-corrected chi connectivity index (χ4v) is 6.46. The van der Waals surface area contributed by atoms with Crippen LogP contribution in [0.3, 0.4) is 0 Å². The number of hydrogen-bond acceptors (Lipinski definition) is 6. The van der Waals surface area contributed by atoms with Gasteiger partial charge in [0.05, 0.1) is 5.88 Å². The molecule has 2 unspecified atom stereocenters. The first kappa shape index (κ1) is 26.8. The number of thioether (sulfide) groups is 1. The predicted molar refractivity (Wildman–Crippen MR) is 150 cm³/mol. The minimum Gasteiger partial charge on any atom is -0.480 e. The highest BCUT2D eigenvalue weighted by molar-refractivity contribution is 7.99. The van der Waals surface area contributed by atoms with Crippen molar-refractivity contribution in [1.82, 2.24) is 15.1 Å². The smallest absolute Gasteiger partial charge is 0.407 e. The number of amides is 2. The molecule has 0 bridgehead atoms. The Bertz CT molecular complexity index is 1310. The first-order valence-electron chi connectivity index (χ1n) is 12.9. The van der Waals surface area contributed by atoms with Crippen LogP contribution in [0.25, 0.3) is 11.1 Å².